The number of aromatic amines is 1. The Morgan fingerprint density at radius 2 is 2.08 bits per heavy atom. The second kappa shape index (κ2) is 7.16. The lowest BCUT2D eigenvalue weighted by atomic mass is 9.93. The van der Waals surface area contributed by atoms with Crippen LogP contribution in [0.5, 0.6) is 5.75 Å². The third-order valence-corrected chi connectivity index (χ3v) is 4.21. The van der Waals surface area contributed by atoms with E-state index in [0.717, 1.165) is 18.5 Å². The summed E-state index contributed by atoms with van der Waals surface area (Å²) < 4.78 is 5.26. The summed E-state index contributed by atoms with van der Waals surface area (Å²) in [6, 6.07) is 8.82. The van der Waals surface area contributed by atoms with E-state index in [4.69, 9.17) is 10.5 Å². The standard InChI is InChI=1S/C17H20N4O3/c18-16(22)11-24-14-3-1-2-13(10-14)17(23)21-8-5-12(6-9-21)15-4-7-19-20-15/h1-4,7,10,12H,5-6,8-9,11H2,(H2,18,22)(H,19,20). The third kappa shape index (κ3) is 3.73. The fourth-order valence-corrected chi connectivity index (χ4v) is 2.94. The van der Waals surface area contributed by atoms with Crippen LogP contribution < -0.4 is 10.5 Å². The SMILES string of the molecule is NC(=O)COc1cccc(C(=O)N2CCC(c3ccn[nH]3)CC2)c1. The third-order valence-electron chi connectivity index (χ3n) is 4.21. The van der Waals surface area contributed by atoms with Gasteiger partial charge in [-0.2, -0.15) is 5.10 Å². The molecule has 1 aromatic carbocycles. The van der Waals surface area contributed by atoms with Gasteiger partial charge in [0.25, 0.3) is 11.8 Å². The molecule has 1 aliphatic heterocycles. The lowest BCUT2D eigenvalue weighted by Gasteiger charge is -2.31. The van der Waals surface area contributed by atoms with Crippen molar-refractivity contribution >= 4 is 11.8 Å². The average Bonchev–Trinajstić information content (AvgIpc) is 3.14. The monoisotopic (exact) mass is 328 g/mol. The maximum Gasteiger partial charge on any atom is 0.255 e. The molecule has 1 saturated heterocycles. The number of amides is 2. The Hall–Kier alpha value is -2.83. The topological polar surface area (TPSA) is 101 Å². The number of benzene rings is 1. The van der Waals surface area contributed by atoms with Crippen molar-refractivity contribution in [3.05, 3.63) is 47.8 Å². The van der Waals surface area contributed by atoms with Crippen molar-refractivity contribution in [2.24, 2.45) is 5.73 Å². The zero-order chi connectivity index (χ0) is 16.9. The van der Waals surface area contributed by atoms with Crippen molar-refractivity contribution < 1.29 is 14.3 Å². The molecule has 0 atom stereocenters. The summed E-state index contributed by atoms with van der Waals surface area (Å²) in [5.74, 6) is 0.309. The summed E-state index contributed by atoms with van der Waals surface area (Å²) in [6.45, 7) is 1.21. The summed E-state index contributed by atoms with van der Waals surface area (Å²) in [4.78, 5) is 25.3. The second-order valence-electron chi connectivity index (χ2n) is 5.86. The Morgan fingerprint density at radius 1 is 1.29 bits per heavy atom. The molecule has 0 spiro atoms. The zero-order valence-electron chi connectivity index (χ0n) is 13.3. The number of nitrogens with zero attached hydrogens (tertiary/aromatic N) is 2. The van der Waals surface area contributed by atoms with Crippen LogP contribution in [0.3, 0.4) is 0 Å². The molecule has 1 fully saturated rings. The Morgan fingerprint density at radius 3 is 2.75 bits per heavy atom. The zero-order valence-corrected chi connectivity index (χ0v) is 13.3. The van der Waals surface area contributed by atoms with Gasteiger partial charge in [0.05, 0.1) is 0 Å². The van der Waals surface area contributed by atoms with Crippen LogP contribution in [0.2, 0.25) is 0 Å². The Balaban J connectivity index is 1.61. The number of primary amides is 1. The van der Waals surface area contributed by atoms with Crippen LogP contribution >= 0.6 is 0 Å². The Labute approximate surface area is 139 Å². The van der Waals surface area contributed by atoms with Gasteiger partial charge in [-0.05, 0) is 37.1 Å². The predicted molar refractivity (Wildman–Crippen MR) is 87.6 cm³/mol. The number of ether oxygens (including phenoxy) is 1. The summed E-state index contributed by atoms with van der Waals surface area (Å²) in [5, 5.41) is 6.99. The minimum Gasteiger partial charge on any atom is -0.484 e. The highest BCUT2D eigenvalue weighted by Crippen LogP contribution is 2.27. The molecule has 7 heteroatoms. The van der Waals surface area contributed by atoms with E-state index >= 15 is 0 Å². The van der Waals surface area contributed by atoms with Crippen LogP contribution in [0, 0.1) is 0 Å². The lowest BCUT2D eigenvalue weighted by molar-refractivity contribution is -0.119. The number of carbonyl (C=O) groups is 2. The van der Waals surface area contributed by atoms with E-state index in [2.05, 4.69) is 10.2 Å². The molecule has 0 saturated carbocycles. The smallest absolute Gasteiger partial charge is 0.255 e. The van der Waals surface area contributed by atoms with Gasteiger partial charge in [0.15, 0.2) is 6.61 Å². The number of piperidine rings is 1. The van der Waals surface area contributed by atoms with E-state index in [1.165, 1.54) is 0 Å². The van der Waals surface area contributed by atoms with E-state index in [0.29, 0.717) is 30.3 Å². The first-order valence-corrected chi connectivity index (χ1v) is 7.93. The molecule has 1 aliphatic rings. The number of H-pyrrole nitrogens is 1. The van der Waals surface area contributed by atoms with E-state index in [1.807, 2.05) is 11.0 Å². The van der Waals surface area contributed by atoms with Gasteiger partial charge in [0, 0.05) is 36.5 Å². The fraction of sp³-hybridized carbons (Fsp3) is 0.353. The van der Waals surface area contributed by atoms with Crippen LogP contribution in [0.25, 0.3) is 0 Å². The lowest BCUT2D eigenvalue weighted by Crippen LogP contribution is -2.38. The molecule has 3 rings (SSSR count). The molecule has 0 aliphatic carbocycles. The number of likely N-dealkylation sites (tertiary alicyclic amines) is 1. The van der Waals surface area contributed by atoms with Crippen molar-refractivity contribution in [2.45, 2.75) is 18.8 Å². The van der Waals surface area contributed by atoms with Gasteiger partial charge in [-0.3, -0.25) is 14.7 Å². The number of carbonyl (C=O) groups excluding carboxylic acids is 2. The van der Waals surface area contributed by atoms with Gasteiger partial charge in [-0.25, -0.2) is 0 Å². The maximum absolute atomic E-state index is 12.6. The van der Waals surface area contributed by atoms with Crippen LogP contribution in [0.1, 0.15) is 34.8 Å². The number of aromatic nitrogens is 2. The average molecular weight is 328 g/mol. The number of nitrogens with one attached hydrogen (secondary N) is 1. The normalized spacial score (nSPS) is 15.2. The quantitative estimate of drug-likeness (QED) is 0.863. The second-order valence-corrected chi connectivity index (χ2v) is 5.86. The van der Waals surface area contributed by atoms with Crippen molar-refractivity contribution in [3.8, 4) is 5.75 Å². The van der Waals surface area contributed by atoms with Gasteiger partial charge >= 0.3 is 0 Å². The van der Waals surface area contributed by atoms with Crippen molar-refractivity contribution in [3.63, 3.8) is 0 Å². The van der Waals surface area contributed by atoms with Gasteiger partial charge in [0.1, 0.15) is 5.75 Å². The minimum absolute atomic E-state index is 0.0254. The summed E-state index contributed by atoms with van der Waals surface area (Å²) in [7, 11) is 0. The van der Waals surface area contributed by atoms with Crippen LogP contribution in [0.15, 0.2) is 36.5 Å². The van der Waals surface area contributed by atoms with Crippen molar-refractivity contribution in [1.29, 1.82) is 0 Å². The molecule has 0 radical (unpaired) electrons. The van der Waals surface area contributed by atoms with Crippen LogP contribution in [-0.4, -0.2) is 46.6 Å². The van der Waals surface area contributed by atoms with E-state index in [9.17, 15) is 9.59 Å². The highest BCUT2D eigenvalue weighted by Gasteiger charge is 2.25. The van der Waals surface area contributed by atoms with E-state index < -0.39 is 5.91 Å². The minimum atomic E-state index is -0.549. The van der Waals surface area contributed by atoms with Crippen molar-refractivity contribution in [2.75, 3.05) is 19.7 Å². The first kappa shape index (κ1) is 16.0. The maximum atomic E-state index is 12.6. The molecule has 2 amide bonds. The van der Waals surface area contributed by atoms with Gasteiger partial charge in [-0.15, -0.1) is 0 Å². The summed E-state index contributed by atoms with van der Waals surface area (Å²) in [5.41, 5.74) is 6.74. The molecule has 0 unspecified atom stereocenters. The van der Waals surface area contributed by atoms with Crippen molar-refractivity contribution in [1.82, 2.24) is 15.1 Å². The molecule has 7 nitrogen and oxygen atoms in total. The van der Waals surface area contributed by atoms with Gasteiger partial charge in [0.2, 0.25) is 0 Å². The molecule has 126 valence electrons. The number of hydrogen-bond donors (Lipinski definition) is 2. The van der Waals surface area contributed by atoms with Crippen LogP contribution in [0.4, 0.5) is 0 Å². The predicted octanol–water partition coefficient (Wildman–Crippen LogP) is 1.29. The molecular formula is C17H20N4O3. The Bertz CT molecular complexity index is 706. The first-order chi connectivity index (χ1) is 11.6. The van der Waals surface area contributed by atoms with Crippen LogP contribution in [-0.2, 0) is 4.79 Å². The fourth-order valence-electron chi connectivity index (χ4n) is 2.94. The highest BCUT2D eigenvalue weighted by atomic mass is 16.5. The van der Waals surface area contributed by atoms with Gasteiger partial charge in [-0.1, -0.05) is 6.07 Å². The molecule has 24 heavy (non-hydrogen) atoms. The largest absolute Gasteiger partial charge is 0.484 e. The number of hydrogen-bond acceptors (Lipinski definition) is 4. The molecule has 2 heterocycles. The number of rotatable bonds is 5. The highest BCUT2D eigenvalue weighted by molar-refractivity contribution is 5.94. The van der Waals surface area contributed by atoms with Gasteiger partial charge < -0.3 is 15.4 Å². The number of nitrogens with two attached hydrogens (primary N) is 1. The summed E-state index contributed by atoms with van der Waals surface area (Å²) in [6.07, 6.45) is 3.57. The molecule has 2 aromatic rings. The molecule has 3 N–H and O–H groups in total. The first-order valence-electron chi connectivity index (χ1n) is 7.93. The summed E-state index contributed by atoms with van der Waals surface area (Å²) >= 11 is 0. The van der Waals surface area contributed by atoms with E-state index in [1.54, 1.807) is 30.5 Å². The molecule has 0 bridgehead atoms. The Kier molecular flexibility index (Phi) is 4.79. The van der Waals surface area contributed by atoms with E-state index in [-0.39, 0.29) is 12.5 Å². The molecule has 1 aromatic heterocycles. The molecular weight excluding hydrogens is 308 g/mol.